The Morgan fingerprint density at radius 3 is 2.53 bits per heavy atom. The molecule has 3 unspecified atom stereocenters. The largest absolute Gasteiger partial charge is 0.393 e. The van der Waals surface area contributed by atoms with Crippen LogP contribution in [0.5, 0.6) is 0 Å². The van der Waals surface area contributed by atoms with Gasteiger partial charge in [0.15, 0.2) is 0 Å². The van der Waals surface area contributed by atoms with Gasteiger partial charge in [-0.2, -0.15) is 0 Å². The molecule has 96 valence electrons. The number of hydrogen-bond donors (Lipinski definition) is 1. The van der Waals surface area contributed by atoms with Crippen LogP contribution < -0.4 is 5.73 Å². The normalized spacial score (nSPS) is 29.1. The maximum absolute atomic E-state index is 12.4. The second-order valence-corrected chi connectivity index (χ2v) is 5.42. The molecule has 3 atom stereocenters. The lowest BCUT2D eigenvalue weighted by Crippen LogP contribution is -2.50. The smallest absolute Gasteiger partial charge is 0.232 e. The highest BCUT2D eigenvalue weighted by atomic mass is 32.1. The molecule has 0 spiro atoms. The number of amides is 1. The lowest BCUT2D eigenvalue weighted by Gasteiger charge is -2.34. The summed E-state index contributed by atoms with van der Waals surface area (Å²) >= 11 is 5.00. The third-order valence-electron chi connectivity index (χ3n) is 3.57. The number of rotatable bonds is 4. The molecule has 2 aliphatic rings. The average Bonchev–Trinajstić information content (AvgIpc) is 2.64. The number of morpholine rings is 1. The van der Waals surface area contributed by atoms with Crippen LogP contribution in [0.2, 0.25) is 0 Å². The van der Waals surface area contributed by atoms with Crippen molar-refractivity contribution in [3.05, 3.63) is 0 Å². The summed E-state index contributed by atoms with van der Waals surface area (Å²) in [4.78, 5) is 14.6. The van der Waals surface area contributed by atoms with E-state index in [0.717, 1.165) is 25.7 Å². The monoisotopic (exact) mass is 256 g/mol. The van der Waals surface area contributed by atoms with Crippen LogP contribution in [-0.2, 0) is 9.53 Å². The van der Waals surface area contributed by atoms with Crippen molar-refractivity contribution in [2.24, 2.45) is 11.7 Å². The van der Waals surface area contributed by atoms with Crippen molar-refractivity contribution in [2.45, 2.75) is 44.8 Å². The number of thiocarbonyl (C=S) groups is 1. The average molecular weight is 256 g/mol. The molecule has 2 aliphatic heterocycles. The minimum Gasteiger partial charge on any atom is -0.393 e. The maximum Gasteiger partial charge on any atom is 0.232 e. The van der Waals surface area contributed by atoms with E-state index in [-0.39, 0.29) is 24.0 Å². The van der Waals surface area contributed by atoms with Gasteiger partial charge < -0.3 is 15.4 Å². The van der Waals surface area contributed by atoms with E-state index in [2.05, 4.69) is 0 Å². The second kappa shape index (κ2) is 5.31. The predicted octanol–water partition coefficient (Wildman–Crippen LogP) is 1.08. The quantitative estimate of drug-likeness (QED) is 0.765. The van der Waals surface area contributed by atoms with Crippen molar-refractivity contribution in [1.29, 1.82) is 0 Å². The summed E-state index contributed by atoms with van der Waals surface area (Å²) < 4.78 is 5.72. The van der Waals surface area contributed by atoms with Crippen molar-refractivity contribution in [1.82, 2.24) is 4.90 Å². The summed E-state index contributed by atoms with van der Waals surface area (Å²) in [5, 5.41) is 0. The third kappa shape index (κ3) is 2.77. The SMILES string of the molecule is CCCC(C(=O)N1CC2CCC(C1)O2)C(N)=S. The first-order valence-corrected chi connectivity index (χ1v) is 6.76. The molecule has 2 N–H and O–H groups in total. The fourth-order valence-corrected chi connectivity index (χ4v) is 2.91. The van der Waals surface area contributed by atoms with Gasteiger partial charge in [-0.3, -0.25) is 4.79 Å². The number of carbonyl (C=O) groups is 1. The minimum absolute atomic E-state index is 0.0968. The molecule has 0 aromatic carbocycles. The fourth-order valence-electron chi connectivity index (χ4n) is 2.69. The summed E-state index contributed by atoms with van der Waals surface area (Å²) in [7, 11) is 0. The van der Waals surface area contributed by atoms with Crippen LogP contribution in [0.3, 0.4) is 0 Å². The zero-order valence-electron chi connectivity index (χ0n) is 10.2. The van der Waals surface area contributed by atoms with Gasteiger partial charge in [-0.15, -0.1) is 0 Å². The number of nitrogens with zero attached hydrogens (tertiary/aromatic N) is 1. The van der Waals surface area contributed by atoms with E-state index >= 15 is 0 Å². The summed E-state index contributed by atoms with van der Waals surface area (Å²) in [6.07, 6.45) is 4.27. The van der Waals surface area contributed by atoms with Gasteiger partial charge in [0.1, 0.15) is 0 Å². The molecule has 0 aromatic heterocycles. The number of ether oxygens (including phenoxy) is 1. The predicted molar refractivity (Wildman–Crippen MR) is 69.7 cm³/mol. The molecule has 2 fully saturated rings. The zero-order chi connectivity index (χ0) is 12.4. The summed E-state index contributed by atoms with van der Waals surface area (Å²) in [6, 6.07) is 0. The van der Waals surface area contributed by atoms with Gasteiger partial charge in [0, 0.05) is 13.1 Å². The molecule has 2 rings (SSSR count). The highest BCUT2D eigenvalue weighted by Gasteiger charge is 2.37. The minimum atomic E-state index is -0.285. The van der Waals surface area contributed by atoms with Crippen molar-refractivity contribution in [2.75, 3.05) is 13.1 Å². The van der Waals surface area contributed by atoms with Crippen molar-refractivity contribution < 1.29 is 9.53 Å². The van der Waals surface area contributed by atoms with Crippen LogP contribution in [0.15, 0.2) is 0 Å². The van der Waals surface area contributed by atoms with Gasteiger partial charge in [0.25, 0.3) is 0 Å². The Hall–Kier alpha value is -0.680. The molecular weight excluding hydrogens is 236 g/mol. The van der Waals surface area contributed by atoms with Gasteiger partial charge in [-0.05, 0) is 19.3 Å². The highest BCUT2D eigenvalue weighted by Crippen LogP contribution is 2.27. The van der Waals surface area contributed by atoms with E-state index in [1.54, 1.807) is 0 Å². The molecule has 17 heavy (non-hydrogen) atoms. The Bertz CT molecular complexity index is 310. The Morgan fingerprint density at radius 2 is 2.06 bits per heavy atom. The first-order valence-electron chi connectivity index (χ1n) is 6.35. The lowest BCUT2D eigenvalue weighted by atomic mass is 10.0. The van der Waals surface area contributed by atoms with Gasteiger partial charge in [0.05, 0.1) is 23.1 Å². The lowest BCUT2D eigenvalue weighted by molar-refractivity contribution is -0.142. The Kier molecular flexibility index (Phi) is 3.99. The van der Waals surface area contributed by atoms with Crippen molar-refractivity contribution >= 4 is 23.1 Å². The summed E-state index contributed by atoms with van der Waals surface area (Å²) in [5.41, 5.74) is 5.67. The van der Waals surface area contributed by atoms with E-state index in [4.69, 9.17) is 22.7 Å². The van der Waals surface area contributed by atoms with Gasteiger partial charge >= 0.3 is 0 Å². The van der Waals surface area contributed by atoms with E-state index in [1.807, 2.05) is 11.8 Å². The highest BCUT2D eigenvalue weighted by molar-refractivity contribution is 7.80. The Labute approximate surface area is 107 Å². The molecule has 0 aromatic rings. The number of carbonyl (C=O) groups excluding carboxylic acids is 1. The molecule has 2 heterocycles. The Balaban J connectivity index is 2.00. The second-order valence-electron chi connectivity index (χ2n) is 4.94. The molecule has 1 amide bonds. The first-order chi connectivity index (χ1) is 8.11. The van der Waals surface area contributed by atoms with E-state index < -0.39 is 0 Å². The molecule has 0 saturated carbocycles. The Morgan fingerprint density at radius 1 is 1.47 bits per heavy atom. The molecular formula is C12H20N2O2S. The van der Waals surface area contributed by atoms with Gasteiger partial charge in [-0.1, -0.05) is 25.6 Å². The summed E-state index contributed by atoms with van der Waals surface area (Å²) in [6.45, 7) is 3.46. The molecule has 0 radical (unpaired) electrons. The van der Waals surface area contributed by atoms with Crippen LogP contribution in [0.4, 0.5) is 0 Å². The van der Waals surface area contributed by atoms with E-state index in [9.17, 15) is 4.79 Å². The van der Waals surface area contributed by atoms with Crippen LogP contribution in [0.25, 0.3) is 0 Å². The molecule has 2 saturated heterocycles. The van der Waals surface area contributed by atoms with Gasteiger partial charge in [0.2, 0.25) is 5.91 Å². The van der Waals surface area contributed by atoms with Gasteiger partial charge in [-0.25, -0.2) is 0 Å². The molecule has 2 bridgehead atoms. The standard InChI is InChI=1S/C12H20N2O2S/c1-2-3-10(11(13)17)12(15)14-6-8-4-5-9(7-14)16-8/h8-10H,2-7H2,1H3,(H2,13,17). The van der Waals surface area contributed by atoms with Crippen LogP contribution in [0, 0.1) is 5.92 Å². The number of fused-ring (bicyclic) bond motifs is 2. The molecule has 0 aliphatic carbocycles. The summed E-state index contributed by atoms with van der Waals surface area (Å²) in [5.74, 6) is -0.188. The first kappa shape index (κ1) is 12.8. The van der Waals surface area contributed by atoms with Crippen LogP contribution in [0.1, 0.15) is 32.6 Å². The van der Waals surface area contributed by atoms with Crippen molar-refractivity contribution in [3.8, 4) is 0 Å². The number of nitrogens with two attached hydrogens (primary N) is 1. The zero-order valence-corrected chi connectivity index (χ0v) is 11.0. The van der Waals surface area contributed by atoms with Crippen LogP contribution >= 0.6 is 12.2 Å². The number of hydrogen-bond acceptors (Lipinski definition) is 3. The number of likely N-dealkylation sites (tertiary alicyclic amines) is 1. The van der Waals surface area contributed by atoms with Crippen molar-refractivity contribution in [3.63, 3.8) is 0 Å². The molecule has 4 nitrogen and oxygen atoms in total. The van der Waals surface area contributed by atoms with E-state index in [0.29, 0.717) is 18.1 Å². The van der Waals surface area contributed by atoms with Crippen LogP contribution in [-0.4, -0.2) is 41.1 Å². The fraction of sp³-hybridized carbons (Fsp3) is 0.833. The third-order valence-corrected chi connectivity index (χ3v) is 3.86. The molecule has 5 heteroatoms. The maximum atomic E-state index is 12.4. The van der Waals surface area contributed by atoms with E-state index in [1.165, 1.54) is 0 Å². The topological polar surface area (TPSA) is 55.6 Å².